The first-order chi connectivity index (χ1) is 14.5. The maximum Gasteiger partial charge on any atom is 0.248 e. The minimum absolute atomic E-state index is 0.0897. The van der Waals surface area contributed by atoms with E-state index in [1.165, 1.54) is 7.11 Å². The Kier molecular flexibility index (Phi) is 6.91. The molecule has 0 aliphatic heterocycles. The second-order valence-electron chi connectivity index (χ2n) is 7.24. The highest BCUT2D eigenvalue weighted by Crippen LogP contribution is 2.30. The van der Waals surface area contributed by atoms with Crippen LogP contribution in [0.4, 0.5) is 0 Å². The first-order valence-electron chi connectivity index (χ1n) is 9.91. The van der Waals surface area contributed by atoms with Gasteiger partial charge in [0.05, 0.1) is 25.3 Å². The number of nitriles is 1. The number of benzene rings is 2. The van der Waals surface area contributed by atoms with Gasteiger partial charge in [-0.3, -0.25) is 9.59 Å². The Morgan fingerprint density at radius 3 is 2.50 bits per heavy atom. The molecule has 0 atom stereocenters. The van der Waals surface area contributed by atoms with Gasteiger partial charge in [0.15, 0.2) is 11.5 Å². The van der Waals surface area contributed by atoms with Gasteiger partial charge < -0.3 is 20.1 Å². The van der Waals surface area contributed by atoms with Crippen molar-refractivity contribution in [3.8, 4) is 17.6 Å². The zero-order chi connectivity index (χ0) is 21.5. The van der Waals surface area contributed by atoms with E-state index in [4.69, 9.17) is 20.5 Å². The topological polar surface area (TPSA) is 106 Å². The largest absolute Gasteiger partial charge is 0.493 e. The standard InChI is InChI=1S/C23H25N3O4/c1-29-21-13-17(14-24)6-11-20(21)30-12-2-3-22(27)26(19-9-10-19)15-16-4-7-18(8-5-16)23(25)28/h4-8,11,13,19H,2-3,9-10,12,15H2,1H3,(H2,25,28). The molecule has 0 saturated heterocycles. The van der Waals surface area contributed by atoms with E-state index in [0.29, 0.717) is 48.6 Å². The summed E-state index contributed by atoms with van der Waals surface area (Å²) in [5.74, 6) is 0.680. The second-order valence-corrected chi connectivity index (χ2v) is 7.24. The number of methoxy groups -OCH3 is 1. The number of carbonyl (C=O) groups is 2. The number of ether oxygens (including phenoxy) is 2. The molecule has 7 heteroatoms. The van der Waals surface area contributed by atoms with E-state index in [9.17, 15) is 9.59 Å². The third-order valence-electron chi connectivity index (χ3n) is 4.98. The van der Waals surface area contributed by atoms with Crippen LogP contribution in [0.25, 0.3) is 0 Å². The third kappa shape index (κ3) is 5.51. The van der Waals surface area contributed by atoms with Crippen molar-refractivity contribution >= 4 is 11.8 Å². The molecular formula is C23H25N3O4. The van der Waals surface area contributed by atoms with Crippen LogP contribution >= 0.6 is 0 Å². The molecule has 0 radical (unpaired) electrons. The number of hydrogen-bond acceptors (Lipinski definition) is 5. The molecule has 1 fully saturated rings. The van der Waals surface area contributed by atoms with Crippen molar-refractivity contribution in [3.63, 3.8) is 0 Å². The van der Waals surface area contributed by atoms with Crippen molar-refractivity contribution in [2.45, 2.75) is 38.3 Å². The SMILES string of the molecule is COc1cc(C#N)ccc1OCCCC(=O)N(Cc1ccc(C(N)=O)cc1)C1CC1. The molecule has 0 aromatic heterocycles. The first-order valence-corrected chi connectivity index (χ1v) is 9.91. The molecule has 0 heterocycles. The summed E-state index contributed by atoms with van der Waals surface area (Å²) in [5.41, 5.74) is 7.20. The van der Waals surface area contributed by atoms with Crippen LogP contribution in [0.5, 0.6) is 11.5 Å². The van der Waals surface area contributed by atoms with Crippen LogP contribution in [0.2, 0.25) is 0 Å². The Morgan fingerprint density at radius 1 is 1.17 bits per heavy atom. The molecule has 2 N–H and O–H groups in total. The summed E-state index contributed by atoms with van der Waals surface area (Å²) in [7, 11) is 1.52. The van der Waals surface area contributed by atoms with Gasteiger partial charge in [-0.1, -0.05) is 12.1 Å². The molecule has 30 heavy (non-hydrogen) atoms. The van der Waals surface area contributed by atoms with E-state index in [0.717, 1.165) is 18.4 Å². The molecule has 7 nitrogen and oxygen atoms in total. The molecule has 1 aliphatic rings. The Hall–Kier alpha value is -3.53. The average molecular weight is 407 g/mol. The summed E-state index contributed by atoms with van der Waals surface area (Å²) in [6.45, 7) is 0.895. The number of amides is 2. The Bertz CT molecular complexity index is 946. The summed E-state index contributed by atoms with van der Waals surface area (Å²) >= 11 is 0. The average Bonchev–Trinajstić information content (AvgIpc) is 3.60. The van der Waals surface area contributed by atoms with Gasteiger partial charge in [-0.2, -0.15) is 5.26 Å². The predicted octanol–water partition coefficient (Wildman–Crippen LogP) is 3.02. The molecule has 2 aromatic rings. The second kappa shape index (κ2) is 9.79. The van der Waals surface area contributed by atoms with E-state index in [1.807, 2.05) is 17.0 Å². The molecule has 2 aromatic carbocycles. The molecule has 0 spiro atoms. The highest BCUT2D eigenvalue weighted by atomic mass is 16.5. The van der Waals surface area contributed by atoms with Crippen LogP contribution in [-0.2, 0) is 11.3 Å². The summed E-state index contributed by atoms with van der Waals surface area (Å²) in [4.78, 5) is 25.9. The van der Waals surface area contributed by atoms with Crippen molar-refractivity contribution in [3.05, 3.63) is 59.2 Å². The molecule has 1 saturated carbocycles. The van der Waals surface area contributed by atoms with Gasteiger partial charge in [-0.05, 0) is 49.1 Å². The molecule has 0 unspecified atom stereocenters. The van der Waals surface area contributed by atoms with E-state index in [2.05, 4.69) is 6.07 Å². The Balaban J connectivity index is 1.51. The van der Waals surface area contributed by atoms with E-state index in [1.54, 1.807) is 30.3 Å². The lowest BCUT2D eigenvalue weighted by molar-refractivity contribution is -0.132. The van der Waals surface area contributed by atoms with Crippen LogP contribution in [0.1, 0.15) is 47.2 Å². The highest BCUT2D eigenvalue weighted by Gasteiger charge is 2.32. The fourth-order valence-electron chi connectivity index (χ4n) is 3.18. The normalized spacial score (nSPS) is 12.7. The summed E-state index contributed by atoms with van der Waals surface area (Å²) < 4.78 is 11.0. The van der Waals surface area contributed by atoms with E-state index in [-0.39, 0.29) is 11.9 Å². The van der Waals surface area contributed by atoms with E-state index >= 15 is 0 Å². The lowest BCUT2D eigenvalue weighted by atomic mass is 10.1. The number of hydrogen-bond donors (Lipinski definition) is 1. The van der Waals surface area contributed by atoms with Crippen LogP contribution in [-0.4, -0.2) is 36.5 Å². The fourth-order valence-corrected chi connectivity index (χ4v) is 3.18. The minimum Gasteiger partial charge on any atom is -0.493 e. The van der Waals surface area contributed by atoms with Crippen LogP contribution in [0.15, 0.2) is 42.5 Å². The molecule has 0 bridgehead atoms. The minimum atomic E-state index is -0.462. The molecule has 156 valence electrons. The van der Waals surface area contributed by atoms with Crippen LogP contribution in [0, 0.1) is 11.3 Å². The smallest absolute Gasteiger partial charge is 0.248 e. The number of rotatable bonds is 10. The summed E-state index contributed by atoms with van der Waals surface area (Å²) in [6, 6.07) is 14.4. The maximum atomic E-state index is 12.8. The van der Waals surface area contributed by atoms with Crippen molar-refractivity contribution in [2.24, 2.45) is 5.73 Å². The Morgan fingerprint density at radius 2 is 1.90 bits per heavy atom. The zero-order valence-corrected chi connectivity index (χ0v) is 17.0. The van der Waals surface area contributed by atoms with Crippen LogP contribution in [0.3, 0.4) is 0 Å². The summed E-state index contributed by atoms with van der Waals surface area (Å²) in [5, 5.41) is 8.96. The fraction of sp³-hybridized carbons (Fsp3) is 0.348. The zero-order valence-electron chi connectivity index (χ0n) is 17.0. The van der Waals surface area contributed by atoms with E-state index < -0.39 is 5.91 Å². The van der Waals surface area contributed by atoms with Crippen molar-refractivity contribution in [2.75, 3.05) is 13.7 Å². The molecule has 2 amide bonds. The number of nitrogens with zero attached hydrogens (tertiary/aromatic N) is 2. The van der Waals surface area contributed by atoms with Gasteiger partial charge in [0.25, 0.3) is 0 Å². The summed E-state index contributed by atoms with van der Waals surface area (Å²) in [6.07, 6.45) is 2.99. The molecular weight excluding hydrogens is 382 g/mol. The third-order valence-corrected chi connectivity index (χ3v) is 4.98. The number of carbonyl (C=O) groups excluding carboxylic acids is 2. The Labute approximate surface area is 176 Å². The van der Waals surface area contributed by atoms with Gasteiger partial charge in [0.1, 0.15) is 0 Å². The lowest BCUT2D eigenvalue weighted by Gasteiger charge is -2.23. The van der Waals surface area contributed by atoms with Gasteiger partial charge in [-0.15, -0.1) is 0 Å². The predicted molar refractivity (Wildman–Crippen MR) is 111 cm³/mol. The van der Waals surface area contributed by atoms with Crippen LogP contribution < -0.4 is 15.2 Å². The van der Waals surface area contributed by atoms with Gasteiger partial charge >= 0.3 is 0 Å². The first kappa shape index (κ1) is 21.2. The number of nitrogens with two attached hydrogens (primary N) is 1. The number of primary amides is 1. The lowest BCUT2D eigenvalue weighted by Crippen LogP contribution is -2.32. The van der Waals surface area contributed by atoms with Gasteiger partial charge in [0.2, 0.25) is 11.8 Å². The highest BCUT2D eigenvalue weighted by molar-refractivity contribution is 5.92. The van der Waals surface area contributed by atoms with Crippen molar-refractivity contribution in [1.29, 1.82) is 5.26 Å². The monoisotopic (exact) mass is 407 g/mol. The maximum absolute atomic E-state index is 12.8. The van der Waals surface area contributed by atoms with Crippen molar-refractivity contribution < 1.29 is 19.1 Å². The van der Waals surface area contributed by atoms with Gasteiger partial charge in [0, 0.05) is 30.6 Å². The van der Waals surface area contributed by atoms with Crippen molar-refractivity contribution in [1.82, 2.24) is 4.90 Å². The van der Waals surface area contributed by atoms with Gasteiger partial charge in [-0.25, -0.2) is 0 Å². The molecule has 3 rings (SSSR count). The quantitative estimate of drug-likeness (QED) is 0.610. The molecule has 1 aliphatic carbocycles.